The Bertz CT molecular complexity index is 860. The van der Waals surface area contributed by atoms with Crippen LogP contribution in [0.3, 0.4) is 0 Å². The van der Waals surface area contributed by atoms with Crippen LogP contribution >= 0.6 is 11.8 Å². The first-order valence-corrected chi connectivity index (χ1v) is 10.7. The molecule has 0 aromatic heterocycles. The van der Waals surface area contributed by atoms with Crippen LogP contribution in [0.25, 0.3) is 0 Å². The van der Waals surface area contributed by atoms with E-state index in [1.807, 2.05) is 30.3 Å². The van der Waals surface area contributed by atoms with Crippen LogP contribution in [0.1, 0.15) is 83.9 Å². The molecule has 4 heteroatoms. The van der Waals surface area contributed by atoms with Crippen molar-refractivity contribution in [2.24, 2.45) is 0 Å². The molecule has 1 aliphatic rings. The Morgan fingerprint density at radius 1 is 0.889 bits per heavy atom. The van der Waals surface area contributed by atoms with Gasteiger partial charge in [0.2, 0.25) is 0 Å². The van der Waals surface area contributed by atoms with Gasteiger partial charge in [0.1, 0.15) is 0 Å². The topological polar surface area (TPSA) is 37.4 Å². The van der Waals surface area contributed by atoms with Gasteiger partial charge in [-0.2, -0.15) is 11.8 Å². The van der Waals surface area contributed by atoms with E-state index in [-0.39, 0.29) is 23.7 Å². The molecule has 1 aliphatic heterocycles. The summed E-state index contributed by atoms with van der Waals surface area (Å²) in [6.07, 6.45) is 0. The standard InChI is InChI=1S/C23H27NO2S/c1-6-27-13-16-9-7-12-19-20(16)23(26)24(22(19)25)21-17(14(2)3)10-8-11-18(21)15(4)5/h7-12,14-15H,6,13H2,1-5H3. The monoisotopic (exact) mass is 381 g/mol. The lowest BCUT2D eigenvalue weighted by molar-refractivity contribution is 0.0925. The smallest absolute Gasteiger partial charge is 0.266 e. The fraction of sp³-hybridized carbons (Fsp3) is 0.391. The Balaban J connectivity index is 2.18. The highest BCUT2D eigenvalue weighted by atomic mass is 32.2. The van der Waals surface area contributed by atoms with E-state index in [9.17, 15) is 9.59 Å². The summed E-state index contributed by atoms with van der Waals surface area (Å²) in [6.45, 7) is 10.5. The average Bonchev–Trinajstić information content (AvgIpc) is 2.90. The zero-order chi connectivity index (χ0) is 19.7. The Morgan fingerprint density at radius 3 is 2.04 bits per heavy atom. The number of nitrogens with zero attached hydrogens (tertiary/aromatic N) is 1. The first kappa shape index (κ1) is 19.7. The Hall–Kier alpha value is -2.07. The molecule has 0 saturated carbocycles. The number of rotatable bonds is 6. The lowest BCUT2D eigenvalue weighted by Gasteiger charge is -2.25. The third-order valence-corrected chi connectivity index (χ3v) is 5.95. The Morgan fingerprint density at radius 2 is 1.48 bits per heavy atom. The summed E-state index contributed by atoms with van der Waals surface area (Å²) >= 11 is 1.76. The third-order valence-electron chi connectivity index (χ3n) is 5.03. The van der Waals surface area contributed by atoms with Crippen molar-refractivity contribution in [2.75, 3.05) is 10.7 Å². The summed E-state index contributed by atoms with van der Waals surface area (Å²) in [6, 6.07) is 11.7. The van der Waals surface area contributed by atoms with Crippen LogP contribution < -0.4 is 4.90 Å². The van der Waals surface area contributed by atoms with Gasteiger partial charge in [0.05, 0.1) is 16.8 Å². The molecule has 0 bridgehead atoms. The van der Waals surface area contributed by atoms with E-state index in [1.54, 1.807) is 17.8 Å². The second kappa shape index (κ2) is 7.89. The lowest BCUT2D eigenvalue weighted by atomic mass is 9.92. The Kier molecular flexibility index (Phi) is 5.75. The maximum Gasteiger partial charge on any atom is 0.266 e. The van der Waals surface area contributed by atoms with Crippen LogP contribution in [0.5, 0.6) is 0 Å². The van der Waals surface area contributed by atoms with Gasteiger partial charge in [0.15, 0.2) is 0 Å². The molecular weight excluding hydrogens is 354 g/mol. The van der Waals surface area contributed by atoms with Crippen LogP contribution in [0, 0.1) is 0 Å². The molecule has 0 unspecified atom stereocenters. The summed E-state index contributed by atoms with van der Waals surface area (Å²) in [5.41, 5.74) is 4.93. The largest absolute Gasteiger partial charge is 0.268 e. The normalized spacial score (nSPS) is 13.8. The maximum absolute atomic E-state index is 13.4. The predicted octanol–water partition coefficient (Wildman–Crippen LogP) is 5.99. The number of imide groups is 1. The summed E-state index contributed by atoms with van der Waals surface area (Å²) in [4.78, 5) is 28.1. The zero-order valence-electron chi connectivity index (χ0n) is 16.7. The van der Waals surface area contributed by atoms with Gasteiger partial charge in [-0.1, -0.05) is 65.0 Å². The minimum absolute atomic E-state index is 0.183. The summed E-state index contributed by atoms with van der Waals surface area (Å²) in [5.74, 6) is 1.78. The summed E-state index contributed by atoms with van der Waals surface area (Å²) in [7, 11) is 0. The van der Waals surface area contributed by atoms with E-state index in [2.05, 4.69) is 34.6 Å². The van der Waals surface area contributed by atoms with Crippen molar-refractivity contribution >= 4 is 29.3 Å². The van der Waals surface area contributed by atoms with Gasteiger partial charge in [-0.3, -0.25) is 9.59 Å². The average molecular weight is 382 g/mol. The first-order valence-electron chi connectivity index (χ1n) is 9.59. The van der Waals surface area contributed by atoms with Crippen molar-refractivity contribution < 1.29 is 9.59 Å². The molecule has 142 valence electrons. The second-order valence-corrected chi connectivity index (χ2v) is 8.79. The number of fused-ring (bicyclic) bond motifs is 1. The van der Waals surface area contributed by atoms with Crippen molar-refractivity contribution in [3.05, 3.63) is 64.2 Å². The quantitative estimate of drug-likeness (QED) is 0.577. The van der Waals surface area contributed by atoms with E-state index in [1.165, 1.54) is 4.90 Å². The molecule has 2 aromatic carbocycles. The number of anilines is 1. The molecule has 27 heavy (non-hydrogen) atoms. The fourth-order valence-corrected chi connectivity index (χ4v) is 4.33. The van der Waals surface area contributed by atoms with Crippen molar-refractivity contribution in [3.63, 3.8) is 0 Å². The number of para-hydroxylation sites is 1. The minimum Gasteiger partial charge on any atom is -0.268 e. The fourth-order valence-electron chi connectivity index (χ4n) is 3.66. The highest BCUT2D eigenvalue weighted by molar-refractivity contribution is 7.98. The van der Waals surface area contributed by atoms with E-state index >= 15 is 0 Å². The highest BCUT2D eigenvalue weighted by Gasteiger charge is 2.40. The summed E-state index contributed by atoms with van der Waals surface area (Å²) in [5, 5.41) is 0. The van der Waals surface area contributed by atoms with Gasteiger partial charge in [0, 0.05) is 5.75 Å². The number of carbonyl (C=O) groups excluding carboxylic acids is 2. The molecule has 0 radical (unpaired) electrons. The van der Waals surface area contributed by atoms with Crippen molar-refractivity contribution in [1.82, 2.24) is 0 Å². The van der Waals surface area contributed by atoms with Crippen molar-refractivity contribution in [1.29, 1.82) is 0 Å². The SMILES string of the molecule is CCSCc1cccc2c1C(=O)N(c1c(C(C)C)cccc1C(C)C)C2=O. The van der Waals surface area contributed by atoms with Gasteiger partial charge in [-0.25, -0.2) is 4.90 Å². The molecule has 2 amide bonds. The van der Waals surface area contributed by atoms with Crippen LogP contribution in [-0.4, -0.2) is 17.6 Å². The van der Waals surface area contributed by atoms with Gasteiger partial charge >= 0.3 is 0 Å². The molecule has 0 aliphatic carbocycles. The molecule has 0 fully saturated rings. The van der Waals surface area contributed by atoms with Crippen LogP contribution in [0.4, 0.5) is 5.69 Å². The van der Waals surface area contributed by atoms with Crippen LogP contribution in [0.2, 0.25) is 0 Å². The third kappa shape index (κ3) is 3.43. The molecular formula is C23H27NO2S. The van der Waals surface area contributed by atoms with Crippen molar-refractivity contribution in [3.8, 4) is 0 Å². The molecule has 0 saturated heterocycles. The first-order chi connectivity index (χ1) is 12.9. The van der Waals surface area contributed by atoms with Crippen LogP contribution in [-0.2, 0) is 5.75 Å². The number of hydrogen-bond acceptors (Lipinski definition) is 3. The molecule has 3 nitrogen and oxygen atoms in total. The van der Waals surface area contributed by atoms with E-state index in [0.717, 1.165) is 33.9 Å². The number of benzene rings is 2. The second-order valence-electron chi connectivity index (χ2n) is 7.52. The molecule has 0 spiro atoms. The van der Waals surface area contributed by atoms with Gasteiger partial charge in [-0.15, -0.1) is 0 Å². The van der Waals surface area contributed by atoms with Gasteiger partial charge < -0.3 is 0 Å². The highest BCUT2D eigenvalue weighted by Crippen LogP contribution is 2.40. The number of amides is 2. The van der Waals surface area contributed by atoms with E-state index < -0.39 is 0 Å². The number of thioether (sulfide) groups is 1. The van der Waals surface area contributed by atoms with E-state index in [4.69, 9.17) is 0 Å². The maximum atomic E-state index is 13.4. The minimum atomic E-state index is -0.201. The predicted molar refractivity (Wildman–Crippen MR) is 114 cm³/mol. The molecule has 1 heterocycles. The molecule has 0 N–H and O–H groups in total. The molecule has 3 rings (SSSR count). The molecule has 0 atom stereocenters. The van der Waals surface area contributed by atoms with E-state index in [0.29, 0.717) is 11.1 Å². The molecule has 2 aromatic rings. The van der Waals surface area contributed by atoms with Crippen molar-refractivity contribution in [2.45, 2.75) is 52.2 Å². The van der Waals surface area contributed by atoms with Gasteiger partial charge in [0.25, 0.3) is 11.8 Å². The number of carbonyl (C=O) groups is 2. The Labute approximate surface area is 166 Å². The zero-order valence-corrected chi connectivity index (χ0v) is 17.5. The summed E-state index contributed by atoms with van der Waals surface area (Å²) < 4.78 is 0. The number of hydrogen-bond donors (Lipinski definition) is 0. The lowest BCUT2D eigenvalue weighted by Crippen LogP contribution is -2.32. The van der Waals surface area contributed by atoms with Crippen LogP contribution in [0.15, 0.2) is 36.4 Å². The van der Waals surface area contributed by atoms with Gasteiger partial charge in [-0.05, 0) is 40.3 Å².